The number of hydrogen-bond donors (Lipinski definition) is 1. The van der Waals surface area contributed by atoms with Crippen molar-refractivity contribution in [3.63, 3.8) is 0 Å². The highest BCUT2D eigenvalue weighted by Crippen LogP contribution is 2.29. The minimum absolute atomic E-state index is 0.0397. The lowest BCUT2D eigenvalue weighted by Gasteiger charge is -2.32. The van der Waals surface area contributed by atoms with Crippen molar-refractivity contribution in [2.24, 2.45) is 11.8 Å². The Morgan fingerprint density at radius 2 is 1.67 bits per heavy atom. The first-order chi connectivity index (χ1) is 20.5. The van der Waals surface area contributed by atoms with Crippen molar-refractivity contribution in [2.75, 3.05) is 32.8 Å². The summed E-state index contributed by atoms with van der Waals surface area (Å²) in [5.41, 5.74) is 4.25. The van der Waals surface area contributed by atoms with E-state index in [0.717, 1.165) is 70.2 Å². The summed E-state index contributed by atoms with van der Waals surface area (Å²) in [6, 6.07) is 17.3. The molecule has 1 saturated carbocycles. The Morgan fingerprint density at radius 3 is 2.38 bits per heavy atom. The molecule has 220 valence electrons. The lowest BCUT2D eigenvalue weighted by molar-refractivity contribution is 0.0681. The summed E-state index contributed by atoms with van der Waals surface area (Å²) in [4.78, 5) is 15.1. The zero-order valence-corrected chi connectivity index (χ0v) is 24.2. The molecular formula is C34H39FN4O3. The van der Waals surface area contributed by atoms with Crippen LogP contribution in [0.4, 0.5) is 4.39 Å². The number of aryl methyl sites for hydroxylation is 1. The zero-order chi connectivity index (χ0) is 28.9. The van der Waals surface area contributed by atoms with Crippen LogP contribution in [0.3, 0.4) is 0 Å². The molecule has 1 N–H and O–H groups in total. The number of rotatable bonds is 12. The van der Waals surface area contributed by atoms with E-state index >= 15 is 0 Å². The number of carbonyl (C=O) groups is 1. The molecule has 8 heteroatoms. The van der Waals surface area contributed by atoms with Gasteiger partial charge in [-0.05, 0) is 110 Å². The molecule has 0 unspecified atom stereocenters. The number of nitrogens with one attached hydrogen (secondary N) is 1. The quantitative estimate of drug-likeness (QED) is 0.201. The molecule has 0 atom stereocenters. The van der Waals surface area contributed by atoms with Gasteiger partial charge in [0.1, 0.15) is 17.3 Å². The molecule has 1 amide bonds. The Balaban J connectivity index is 0.971. The number of amides is 1. The van der Waals surface area contributed by atoms with Gasteiger partial charge in [0.2, 0.25) is 0 Å². The van der Waals surface area contributed by atoms with Gasteiger partial charge in [-0.3, -0.25) is 9.48 Å². The monoisotopic (exact) mass is 570 g/mol. The highest BCUT2D eigenvalue weighted by atomic mass is 19.1. The summed E-state index contributed by atoms with van der Waals surface area (Å²) in [6.07, 6.45) is 6.73. The first-order valence-corrected chi connectivity index (χ1v) is 15.1. The standard InChI is InChI=1S/C34H39FN4O3/c1-24-28(20-36-16-19-41-23-26-2-3-26)6-13-33-32(24)22-39(37-33)21-25-14-17-38(18-15-25)34(40)27-4-9-30(10-5-27)42-31-11-7-29(35)8-12-31/h4-13,22,25-26,36H,2-3,14-21,23H2,1H3. The Morgan fingerprint density at radius 1 is 0.952 bits per heavy atom. The first-order valence-electron chi connectivity index (χ1n) is 15.1. The number of piperidine rings is 1. The summed E-state index contributed by atoms with van der Waals surface area (Å²) in [5, 5.41) is 9.58. The third-order valence-corrected chi connectivity index (χ3v) is 8.41. The summed E-state index contributed by atoms with van der Waals surface area (Å²) in [5.74, 6) is 2.18. The Labute approximate surface area is 246 Å². The number of hydrogen-bond acceptors (Lipinski definition) is 5. The third kappa shape index (κ3) is 7.17. The number of nitrogens with zero attached hydrogens (tertiary/aromatic N) is 3. The van der Waals surface area contributed by atoms with Crippen LogP contribution in [0.15, 0.2) is 66.9 Å². The lowest BCUT2D eigenvalue weighted by Crippen LogP contribution is -2.39. The fourth-order valence-electron chi connectivity index (χ4n) is 5.58. The van der Waals surface area contributed by atoms with E-state index in [0.29, 0.717) is 23.0 Å². The van der Waals surface area contributed by atoms with E-state index in [1.54, 1.807) is 36.4 Å². The second-order valence-corrected chi connectivity index (χ2v) is 11.6. The van der Waals surface area contributed by atoms with Gasteiger partial charge in [-0.15, -0.1) is 0 Å². The Kier molecular flexibility index (Phi) is 8.81. The predicted octanol–water partition coefficient (Wildman–Crippen LogP) is 6.34. The van der Waals surface area contributed by atoms with Crippen LogP contribution >= 0.6 is 0 Å². The van der Waals surface area contributed by atoms with E-state index in [1.807, 2.05) is 4.90 Å². The SMILES string of the molecule is Cc1c(CNCCOCC2CC2)ccc2nn(CC3CCN(C(=O)c4ccc(Oc5ccc(F)cc5)cc4)CC3)cc12. The van der Waals surface area contributed by atoms with Gasteiger partial charge in [-0.1, -0.05) is 6.07 Å². The van der Waals surface area contributed by atoms with Gasteiger partial charge in [0.05, 0.1) is 12.1 Å². The predicted molar refractivity (Wildman–Crippen MR) is 161 cm³/mol. The van der Waals surface area contributed by atoms with Crippen molar-refractivity contribution >= 4 is 16.8 Å². The van der Waals surface area contributed by atoms with Crippen LogP contribution in [0.25, 0.3) is 10.9 Å². The summed E-state index contributed by atoms with van der Waals surface area (Å²) in [6.45, 7) is 7.87. The molecule has 4 aromatic rings. The average molecular weight is 571 g/mol. The molecule has 0 radical (unpaired) electrons. The molecule has 2 heterocycles. The topological polar surface area (TPSA) is 68.6 Å². The van der Waals surface area contributed by atoms with Gasteiger partial charge >= 0.3 is 0 Å². The van der Waals surface area contributed by atoms with Crippen LogP contribution < -0.4 is 10.1 Å². The molecule has 2 fully saturated rings. The van der Waals surface area contributed by atoms with E-state index in [2.05, 4.69) is 35.3 Å². The minimum Gasteiger partial charge on any atom is -0.457 e. The van der Waals surface area contributed by atoms with E-state index < -0.39 is 0 Å². The first kappa shape index (κ1) is 28.4. The number of benzene rings is 3. The maximum Gasteiger partial charge on any atom is 0.253 e. The fourth-order valence-corrected chi connectivity index (χ4v) is 5.58. The second-order valence-electron chi connectivity index (χ2n) is 11.6. The van der Waals surface area contributed by atoms with E-state index in [9.17, 15) is 9.18 Å². The molecule has 7 nitrogen and oxygen atoms in total. The number of halogens is 1. The maximum absolute atomic E-state index is 13.1. The zero-order valence-electron chi connectivity index (χ0n) is 24.2. The molecule has 42 heavy (non-hydrogen) atoms. The number of aromatic nitrogens is 2. The van der Waals surface area contributed by atoms with Crippen molar-refractivity contribution in [3.8, 4) is 11.5 Å². The molecule has 3 aromatic carbocycles. The van der Waals surface area contributed by atoms with Crippen molar-refractivity contribution in [3.05, 3.63) is 89.4 Å². The van der Waals surface area contributed by atoms with Crippen LogP contribution in [0.2, 0.25) is 0 Å². The number of carbonyl (C=O) groups excluding carboxylic acids is 1. The molecular weight excluding hydrogens is 531 g/mol. The lowest BCUT2D eigenvalue weighted by atomic mass is 9.96. The van der Waals surface area contributed by atoms with Crippen LogP contribution in [-0.4, -0.2) is 53.4 Å². The fraction of sp³-hybridized carbons (Fsp3) is 0.412. The summed E-state index contributed by atoms with van der Waals surface area (Å²) in [7, 11) is 0. The van der Waals surface area contributed by atoms with E-state index in [-0.39, 0.29) is 11.7 Å². The maximum atomic E-state index is 13.1. The highest BCUT2D eigenvalue weighted by molar-refractivity contribution is 5.94. The molecule has 1 aliphatic heterocycles. The number of fused-ring (bicyclic) bond motifs is 1. The van der Waals surface area contributed by atoms with Gasteiger partial charge in [-0.25, -0.2) is 4.39 Å². The van der Waals surface area contributed by atoms with Crippen LogP contribution in [0, 0.1) is 24.6 Å². The number of likely N-dealkylation sites (tertiary alicyclic amines) is 1. The highest BCUT2D eigenvalue weighted by Gasteiger charge is 2.24. The van der Waals surface area contributed by atoms with Crippen LogP contribution in [0.1, 0.15) is 47.2 Å². The molecule has 6 rings (SSSR count). The van der Waals surface area contributed by atoms with E-state index in [1.165, 1.54) is 41.5 Å². The van der Waals surface area contributed by atoms with Crippen molar-refractivity contribution in [1.82, 2.24) is 20.0 Å². The molecule has 1 aliphatic carbocycles. The smallest absolute Gasteiger partial charge is 0.253 e. The molecule has 2 aliphatic rings. The Hall–Kier alpha value is -3.75. The number of ether oxygens (including phenoxy) is 2. The molecule has 0 spiro atoms. The van der Waals surface area contributed by atoms with Crippen molar-refractivity contribution in [1.29, 1.82) is 0 Å². The molecule has 1 saturated heterocycles. The third-order valence-electron chi connectivity index (χ3n) is 8.41. The van der Waals surface area contributed by atoms with Crippen molar-refractivity contribution in [2.45, 2.75) is 45.7 Å². The minimum atomic E-state index is -0.307. The van der Waals surface area contributed by atoms with Gasteiger partial charge in [0.15, 0.2) is 0 Å². The largest absolute Gasteiger partial charge is 0.457 e. The van der Waals surface area contributed by atoms with Gasteiger partial charge < -0.3 is 19.7 Å². The second kappa shape index (κ2) is 13.0. The normalized spacial score (nSPS) is 15.8. The molecule has 1 aromatic heterocycles. The summed E-state index contributed by atoms with van der Waals surface area (Å²) >= 11 is 0. The molecule has 0 bridgehead atoms. The van der Waals surface area contributed by atoms with Crippen molar-refractivity contribution < 1.29 is 18.7 Å². The summed E-state index contributed by atoms with van der Waals surface area (Å²) < 4.78 is 26.7. The van der Waals surface area contributed by atoms with E-state index in [4.69, 9.17) is 14.6 Å². The van der Waals surface area contributed by atoms with Gasteiger partial charge in [0, 0.05) is 56.5 Å². The van der Waals surface area contributed by atoms with Gasteiger partial charge in [-0.2, -0.15) is 5.10 Å². The van der Waals surface area contributed by atoms with Crippen LogP contribution in [0.5, 0.6) is 11.5 Å². The average Bonchev–Trinajstić information content (AvgIpc) is 3.75. The van der Waals surface area contributed by atoms with Gasteiger partial charge in [0.25, 0.3) is 5.91 Å². The Bertz CT molecular complexity index is 1490. The van der Waals surface area contributed by atoms with Crippen LogP contribution in [-0.2, 0) is 17.8 Å².